The number of hydrogen-bond donors (Lipinski definition) is 1. The van der Waals surface area contributed by atoms with Crippen LogP contribution in [-0.4, -0.2) is 39.9 Å². The molecule has 3 amide bonds. The van der Waals surface area contributed by atoms with Crippen LogP contribution < -0.4 is 5.32 Å². The van der Waals surface area contributed by atoms with E-state index in [9.17, 15) is 29.3 Å². The Balaban J connectivity index is 1.75. The lowest BCUT2D eigenvalue weighted by atomic mass is 10.1. The van der Waals surface area contributed by atoms with Crippen molar-refractivity contribution in [2.24, 2.45) is 0 Å². The number of benzene rings is 2. The van der Waals surface area contributed by atoms with Crippen molar-refractivity contribution in [2.45, 2.75) is 13.3 Å². The summed E-state index contributed by atoms with van der Waals surface area (Å²) < 4.78 is 0. The quantitative estimate of drug-likeness (QED) is 0.354. The van der Waals surface area contributed by atoms with Gasteiger partial charge in [-0.3, -0.25) is 34.2 Å². The first kappa shape index (κ1) is 18.9. The fraction of sp³-hybridized carbons (Fsp3) is 0.158. The van der Waals surface area contributed by atoms with E-state index in [1.54, 1.807) is 19.1 Å². The zero-order chi connectivity index (χ0) is 20.4. The number of nitrogens with one attached hydrogen (secondary N) is 1. The number of amides is 3. The van der Waals surface area contributed by atoms with Crippen LogP contribution in [0.15, 0.2) is 42.5 Å². The fourth-order valence-electron chi connectivity index (χ4n) is 2.76. The monoisotopic (exact) mass is 381 g/mol. The van der Waals surface area contributed by atoms with Crippen LogP contribution in [-0.2, 0) is 4.79 Å². The molecule has 3 rings (SSSR count). The number of non-ortho nitro benzene ring substituents is 1. The van der Waals surface area contributed by atoms with Crippen molar-refractivity contribution in [3.05, 3.63) is 69.3 Å². The van der Waals surface area contributed by atoms with Gasteiger partial charge in [0.2, 0.25) is 5.91 Å². The Labute approximate surface area is 159 Å². The molecule has 1 aliphatic heterocycles. The fourth-order valence-corrected chi connectivity index (χ4v) is 2.76. The molecular formula is C19H15N3O6. The van der Waals surface area contributed by atoms with Crippen molar-refractivity contribution in [3.63, 3.8) is 0 Å². The van der Waals surface area contributed by atoms with Gasteiger partial charge < -0.3 is 5.32 Å². The third-order valence-corrected chi connectivity index (χ3v) is 4.28. The van der Waals surface area contributed by atoms with E-state index in [0.717, 1.165) is 17.0 Å². The van der Waals surface area contributed by atoms with Gasteiger partial charge >= 0.3 is 0 Å². The van der Waals surface area contributed by atoms with Crippen molar-refractivity contribution < 1.29 is 24.1 Å². The number of nitro groups is 1. The van der Waals surface area contributed by atoms with Crippen LogP contribution in [0.3, 0.4) is 0 Å². The van der Waals surface area contributed by atoms with Crippen molar-refractivity contribution >= 4 is 34.9 Å². The lowest BCUT2D eigenvalue weighted by Crippen LogP contribution is -2.34. The number of fused-ring (bicyclic) bond motifs is 1. The van der Waals surface area contributed by atoms with E-state index in [-0.39, 0.29) is 28.3 Å². The molecule has 0 aliphatic carbocycles. The Hall–Kier alpha value is -3.88. The molecule has 1 aliphatic rings. The second-order valence-corrected chi connectivity index (χ2v) is 6.09. The first-order chi connectivity index (χ1) is 13.3. The smallest absolute Gasteiger partial charge is 0.270 e. The lowest BCUT2D eigenvalue weighted by molar-refractivity contribution is -0.384. The highest BCUT2D eigenvalue weighted by Gasteiger charge is 2.37. The summed E-state index contributed by atoms with van der Waals surface area (Å²) in [7, 11) is 0. The zero-order valence-electron chi connectivity index (χ0n) is 14.8. The van der Waals surface area contributed by atoms with Crippen LogP contribution in [0.25, 0.3) is 0 Å². The summed E-state index contributed by atoms with van der Waals surface area (Å²) in [6.07, 6.45) is 0.318. The van der Waals surface area contributed by atoms with Crippen molar-refractivity contribution in [2.75, 3.05) is 11.9 Å². The average Bonchev–Trinajstić information content (AvgIpc) is 2.92. The van der Waals surface area contributed by atoms with Crippen LogP contribution in [0, 0.1) is 10.1 Å². The van der Waals surface area contributed by atoms with E-state index in [0.29, 0.717) is 12.1 Å². The Kier molecular flexibility index (Phi) is 4.99. The van der Waals surface area contributed by atoms with E-state index < -0.39 is 29.1 Å². The molecule has 9 heteroatoms. The normalized spacial score (nSPS) is 12.7. The van der Waals surface area contributed by atoms with Crippen LogP contribution in [0.1, 0.15) is 44.4 Å². The van der Waals surface area contributed by atoms with E-state index in [1.807, 2.05) is 0 Å². The number of hydrogen-bond acceptors (Lipinski definition) is 6. The van der Waals surface area contributed by atoms with Gasteiger partial charge in [-0.15, -0.1) is 0 Å². The number of ketones is 1. The molecule has 2 aromatic rings. The van der Waals surface area contributed by atoms with Crippen LogP contribution in [0.2, 0.25) is 0 Å². The predicted octanol–water partition coefficient (Wildman–Crippen LogP) is 2.42. The third kappa shape index (κ3) is 3.50. The Morgan fingerprint density at radius 1 is 1.04 bits per heavy atom. The van der Waals surface area contributed by atoms with Gasteiger partial charge in [0.25, 0.3) is 17.5 Å². The summed E-state index contributed by atoms with van der Waals surface area (Å²) >= 11 is 0. The molecule has 9 nitrogen and oxygen atoms in total. The number of carbonyl (C=O) groups excluding carboxylic acids is 4. The van der Waals surface area contributed by atoms with Crippen LogP contribution in [0.4, 0.5) is 11.4 Å². The summed E-state index contributed by atoms with van der Waals surface area (Å²) in [5.41, 5.74) is 0.414. The Morgan fingerprint density at radius 3 is 2.29 bits per heavy atom. The number of imide groups is 1. The summed E-state index contributed by atoms with van der Waals surface area (Å²) in [5.74, 6) is -2.06. The van der Waals surface area contributed by atoms with Gasteiger partial charge in [-0.25, -0.2) is 0 Å². The molecular weight excluding hydrogens is 366 g/mol. The molecule has 0 aromatic heterocycles. The van der Waals surface area contributed by atoms with Gasteiger partial charge in [0.05, 0.1) is 22.6 Å². The maximum Gasteiger partial charge on any atom is 0.270 e. The predicted molar refractivity (Wildman–Crippen MR) is 98.2 cm³/mol. The first-order valence-corrected chi connectivity index (χ1v) is 8.39. The van der Waals surface area contributed by atoms with Crippen LogP contribution >= 0.6 is 0 Å². The Bertz CT molecular complexity index is 1010. The minimum absolute atomic E-state index is 0.0287. The van der Waals surface area contributed by atoms with Gasteiger partial charge in [-0.2, -0.15) is 0 Å². The average molecular weight is 381 g/mol. The highest BCUT2D eigenvalue weighted by Crippen LogP contribution is 2.27. The molecule has 1 N–H and O–H groups in total. The van der Waals surface area contributed by atoms with Crippen molar-refractivity contribution in [1.82, 2.24) is 4.90 Å². The van der Waals surface area contributed by atoms with Gasteiger partial charge in [0.15, 0.2) is 5.78 Å². The first-order valence-electron chi connectivity index (χ1n) is 8.39. The molecule has 0 bridgehead atoms. The van der Waals surface area contributed by atoms with Gasteiger partial charge in [-0.05, 0) is 30.3 Å². The molecule has 0 unspecified atom stereocenters. The number of rotatable bonds is 6. The van der Waals surface area contributed by atoms with Crippen molar-refractivity contribution in [3.8, 4) is 0 Å². The lowest BCUT2D eigenvalue weighted by Gasteiger charge is -2.13. The number of nitrogens with zero attached hydrogens (tertiary/aromatic N) is 2. The van der Waals surface area contributed by atoms with Gasteiger partial charge in [-0.1, -0.05) is 6.92 Å². The summed E-state index contributed by atoms with van der Waals surface area (Å²) in [4.78, 5) is 59.6. The largest absolute Gasteiger partial charge is 0.326 e. The molecule has 0 saturated carbocycles. The summed E-state index contributed by atoms with van der Waals surface area (Å²) in [6, 6.07) is 9.44. The molecule has 0 saturated heterocycles. The van der Waals surface area contributed by atoms with Gasteiger partial charge in [0.1, 0.15) is 0 Å². The maximum atomic E-state index is 12.5. The van der Waals surface area contributed by atoms with E-state index in [1.165, 1.54) is 18.2 Å². The molecule has 0 spiro atoms. The highest BCUT2D eigenvalue weighted by atomic mass is 16.6. The molecule has 1 heterocycles. The second kappa shape index (κ2) is 7.39. The molecule has 142 valence electrons. The van der Waals surface area contributed by atoms with E-state index >= 15 is 0 Å². The summed E-state index contributed by atoms with van der Waals surface area (Å²) in [6.45, 7) is 1.23. The third-order valence-electron chi connectivity index (χ3n) is 4.28. The molecule has 2 aromatic carbocycles. The topological polar surface area (TPSA) is 127 Å². The highest BCUT2D eigenvalue weighted by molar-refractivity contribution is 6.23. The van der Waals surface area contributed by atoms with Crippen molar-refractivity contribution in [1.29, 1.82) is 0 Å². The summed E-state index contributed by atoms with van der Waals surface area (Å²) in [5, 5.41) is 13.5. The minimum Gasteiger partial charge on any atom is -0.326 e. The number of Topliss-reactive ketones (excluding diaryl/α,β-unsaturated/α-hetero) is 1. The van der Waals surface area contributed by atoms with E-state index in [2.05, 4.69) is 5.32 Å². The number of nitro benzene ring substituents is 1. The maximum absolute atomic E-state index is 12.5. The molecule has 0 fully saturated rings. The SMILES string of the molecule is CCC(=O)Nc1ccc(C(=O)CN2C(=O)c3ccc([N+](=O)[O-])cc3C2=O)cc1. The standard InChI is InChI=1S/C19H15N3O6/c1-2-17(24)20-12-5-3-11(4-6-12)16(23)10-21-18(25)14-8-7-13(22(27)28)9-15(14)19(21)26/h3-9H,2,10H2,1H3,(H,20,24). The number of carbonyl (C=O) groups is 4. The second-order valence-electron chi connectivity index (χ2n) is 6.09. The van der Waals surface area contributed by atoms with Crippen LogP contribution in [0.5, 0.6) is 0 Å². The Morgan fingerprint density at radius 2 is 1.68 bits per heavy atom. The molecule has 0 atom stereocenters. The van der Waals surface area contributed by atoms with E-state index in [4.69, 9.17) is 0 Å². The molecule has 0 radical (unpaired) electrons. The van der Waals surface area contributed by atoms with Gasteiger partial charge in [0, 0.05) is 29.8 Å². The number of anilines is 1. The molecule has 28 heavy (non-hydrogen) atoms. The zero-order valence-corrected chi connectivity index (χ0v) is 14.8. The minimum atomic E-state index is -0.746.